The van der Waals surface area contributed by atoms with E-state index in [-0.39, 0.29) is 18.1 Å². The van der Waals surface area contributed by atoms with Crippen LogP contribution in [0.2, 0.25) is 0 Å². The maximum absolute atomic E-state index is 11.8. The lowest BCUT2D eigenvalue weighted by molar-refractivity contribution is -0.121. The molecule has 2 N–H and O–H groups in total. The third-order valence-electron chi connectivity index (χ3n) is 3.27. The minimum absolute atomic E-state index is 0.0719. The molecule has 0 fully saturated rings. The summed E-state index contributed by atoms with van der Waals surface area (Å²) in [6.45, 7) is 2.36. The van der Waals surface area contributed by atoms with Gasteiger partial charge in [-0.05, 0) is 30.5 Å². The van der Waals surface area contributed by atoms with Gasteiger partial charge in [-0.3, -0.25) is 4.79 Å². The van der Waals surface area contributed by atoms with Crippen LogP contribution in [0.1, 0.15) is 21.6 Å². The number of methoxy groups -OCH3 is 1. The predicted molar refractivity (Wildman–Crippen MR) is 81.4 cm³/mol. The molecule has 1 aromatic heterocycles. The number of aromatic nitrogens is 3. The summed E-state index contributed by atoms with van der Waals surface area (Å²) in [5.74, 6) is -0.617. The Balaban J connectivity index is 1.81. The van der Waals surface area contributed by atoms with Gasteiger partial charge in [0.05, 0.1) is 13.3 Å². The molecule has 1 heterocycles. The number of nitrogens with zero attached hydrogens (tertiary/aromatic N) is 3. The smallest absolute Gasteiger partial charge is 0.358 e. The van der Waals surface area contributed by atoms with Gasteiger partial charge >= 0.3 is 5.97 Å². The first kappa shape index (κ1) is 16.5. The second-order valence-corrected chi connectivity index (χ2v) is 5.01. The molecule has 0 aliphatic rings. The summed E-state index contributed by atoms with van der Waals surface area (Å²) in [4.78, 5) is 22.5. The predicted octanol–water partition coefficient (Wildman–Crippen LogP) is 0.652. The molecule has 2 aromatic rings. The molecule has 2 rings (SSSR count). The number of carbonyl (C=O) groups excluding carboxylic acids is 1. The quantitative estimate of drug-likeness (QED) is 0.776. The Bertz CT molecular complexity index is 711. The molecule has 0 aliphatic heterocycles. The fraction of sp³-hybridized carbons (Fsp3) is 0.333. The first-order valence-electron chi connectivity index (χ1n) is 7.03. The van der Waals surface area contributed by atoms with Crippen LogP contribution in [0.4, 0.5) is 0 Å². The first-order valence-corrected chi connectivity index (χ1v) is 7.03. The minimum atomic E-state index is -1.18. The molecule has 0 unspecified atom stereocenters. The third kappa shape index (κ3) is 4.53. The van der Waals surface area contributed by atoms with Crippen molar-refractivity contribution < 1.29 is 19.4 Å². The minimum Gasteiger partial charge on any atom is -0.496 e. The van der Waals surface area contributed by atoms with E-state index in [4.69, 9.17) is 9.84 Å². The number of hydrogen-bond acceptors (Lipinski definition) is 5. The first-order chi connectivity index (χ1) is 11.0. The van der Waals surface area contributed by atoms with Crippen LogP contribution in [-0.4, -0.2) is 45.6 Å². The van der Waals surface area contributed by atoms with Gasteiger partial charge in [0.25, 0.3) is 0 Å². The van der Waals surface area contributed by atoms with Crippen LogP contribution in [0.5, 0.6) is 5.75 Å². The fourth-order valence-corrected chi connectivity index (χ4v) is 2.04. The number of rotatable bonds is 7. The zero-order chi connectivity index (χ0) is 16.8. The maximum atomic E-state index is 11.8. The van der Waals surface area contributed by atoms with Gasteiger partial charge < -0.3 is 15.2 Å². The number of aromatic carboxylic acids is 1. The highest BCUT2D eigenvalue weighted by Crippen LogP contribution is 2.18. The highest BCUT2D eigenvalue weighted by molar-refractivity contribution is 5.84. The molecule has 0 saturated carbocycles. The molecular formula is C15H18N4O4. The Kier molecular flexibility index (Phi) is 5.29. The van der Waals surface area contributed by atoms with Gasteiger partial charge in [-0.15, -0.1) is 5.10 Å². The molecule has 0 bridgehead atoms. The Labute approximate surface area is 133 Å². The van der Waals surface area contributed by atoms with Gasteiger partial charge in [-0.2, -0.15) is 0 Å². The lowest BCUT2D eigenvalue weighted by Gasteiger charge is -2.08. The summed E-state index contributed by atoms with van der Waals surface area (Å²) >= 11 is 0. The van der Waals surface area contributed by atoms with Crippen LogP contribution in [0.3, 0.4) is 0 Å². The maximum Gasteiger partial charge on any atom is 0.358 e. The summed E-state index contributed by atoms with van der Waals surface area (Å²) in [6, 6.07) is 5.90. The Morgan fingerprint density at radius 3 is 2.83 bits per heavy atom. The number of benzene rings is 1. The molecule has 23 heavy (non-hydrogen) atoms. The van der Waals surface area contributed by atoms with Crippen molar-refractivity contribution in [2.45, 2.75) is 19.9 Å². The third-order valence-corrected chi connectivity index (χ3v) is 3.27. The van der Waals surface area contributed by atoms with Gasteiger partial charge in [0.1, 0.15) is 12.3 Å². The number of carboxylic acid groups (broad SMARTS) is 1. The number of ether oxygens (including phenoxy) is 1. The lowest BCUT2D eigenvalue weighted by atomic mass is 10.1. The SMILES string of the molecule is COc1cc(CCNC(=O)Cn2cc(C(=O)O)nn2)ccc1C. The molecular weight excluding hydrogens is 300 g/mol. The van der Waals surface area contributed by atoms with Crippen molar-refractivity contribution in [3.63, 3.8) is 0 Å². The zero-order valence-electron chi connectivity index (χ0n) is 12.9. The number of carbonyl (C=O) groups is 2. The number of nitrogens with one attached hydrogen (secondary N) is 1. The molecule has 1 amide bonds. The fourth-order valence-electron chi connectivity index (χ4n) is 2.04. The van der Waals surface area contributed by atoms with Crippen LogP contribution in [-0.2, 0) is 17.8 Å². The van der Waals surface area contributed by atoms with E-state index in [1.54, 1.807) is 7.11 Å². The number of aryl methyl sites for hydroxylation is 1. The van der Waals surface area contributed by atoms with E-state index in [1.165, 1.54) is 10.9 Å². The van der Waals surface area contributed by atoms with E-state index in [0.29, 0.717) is 13.0 Å². The summed E-state index contributed by atoms with van der Waals surface area (Å²) < 4.78 is 6.45. The Hall–Kier alpha value is -2.90. The van der Waals surface area contributed by atoms with E-state index < -0.39 is 5.97 Å². The Morgan fingerprint density at radius 1 is 1.39 bits per heavy atom. The van der Waals surface area contributed by atoms with Crippen molar-refractivity contribution in [1.29, 1.82) is 0 Å². The van der Waals surface area contributed by atoms with E-state index in [0.717, 1.165) is 16.9 Å². The average molecular weight is 318 g/mol. The van der Waals surface area contributed by atoms with Crippen molar-refractivity contribution in [1.82, 2.24) is 20.3 Å². The number of amides is 1. The van der Waals surface area contributed by atoms with Gasteiger partial charge in [0, 0.05) is 6.54 Å². The zero-order valence-corrected chi connectivity index (χ0v) is 12.9. The number of carboxylic acids is 1. The van der Waals surface area contributed by atoms with Crippen molar-refractivity contribution >= 4 is 11.9 Å². The molecule has 0 atom stereocenters. The normalized spacial score (nSPS) is 10.3. The molecule has 1 aromatic carbocycles. The van der Waals surface area contributed by atoms with Crippen LogP contribution in [0.15, 0.2) is 24.4 Å². The molecule has 0 spiro atoms. The standard InChI is InChI=1S/C15H18N4O4/c1-10-3-4-11(7-13(10)23-2)5-6-16-14(20)9-19-8-12(15(21)22)17-18-19/h3-4,7-8H,5-6,9H2,1-2H3,(H,16,20)(H,21,22). The Morgan fingerprint density at radius 2 is 2.17 bits per heavy atom. The summed E-state index contributed by atoms with van der Waals surface area (Å²) in [5, 5.41) is 18.5. The second kappa shape index (κ2) is 7.39. The summed E-state index contributed by atoms with van der Waals surface area (Å²) in [7, 11) is 1.62. The van der Waals surface area contributed by atoms with Crippen molar-refractivity contribution in [3.8, 4) is 5.75 Å². The molecule has 8 nitrogen and oxygen atoms in total. The molecule has 0 saturated heterocycles. The van der Waals surface area contributed by atoms with Crippen LogP contribution in [0.25, 0.3) is 0 Å². The van der Waals surface area contributed by atoms with Crippen molar-refractivity contribution in [2.24, 2.45) is 0 Å². The monoisotopic (exact) mass is 318 g/mol. The topological polar surface area (TPSA) is 106 Å². The van der Waals surface area contributed by atoms with Gasteiger partial charge in [-0.25, -0.2) is 9.48 Å². The van der Waals surface area contributed by atoms with Crippen molar-refractivity contribution in [2.75, 3.05) is 13.7 Å². The van der Waals surface area contributed by atoms with Crippen LogP contribution >= 0.6 is 0 Å². The van der Waals surface area contributed by atoms with Crippen LogP contribution < -0.4 is 10.1 Å². The van der Waals surface area contributed by atoms with Gasteiger partial charge in [-0.1, -0.05) is 17.3 Å². The molecule has 122 valence electrons. The van der Waals surface area contributed by atoms with E-state index in [1.807, 2.05) is 25.1 Å². The molecule has 0 aliphatic carbocycles. The number of hydrogen-bond donors (Lipinski definition) is 2. The largest absolute Gasteiger partial charge is 0.496 e. The van der Waals surface area contributed by atoms with Gasteiger partial charge in [0.15, 0.2) is 5.69 Å². The van der Waals surface area contributed by atoms with E-state index in [9.17, 15) is 9.59 Å². The average Bonchev–Trinajstić information content (AvgIpc) is 2.97. The highest BCUT2D eigenvalue weighted by Gasteiger charge is 2.10. The van der Waals surface area contributed by atoms with Crippen molar-refractivity contribution in [3.05, 3.63) is 41.2 Å². The summed E-state index contributed by atoms with van der Waals surface area (Å²) in [6.07, 6.45) is 1.88. The lowest BCUT2D eigenvalue weighted by Crippen LogP contribution is -2.29. The second-order valence-electron chi connectivity index (χ2n) is 5.01. The van der Waals surface area contributed by atoms with Crippen LogP contribution in [0, 0.1) is 6.92 Å². The molecule has 8 heteroatoms. The van der Waals surface area contributed by atoms with E-state index in [2.05, 4.69) is 15.6 Å². The summed E-state index contributed by atoms with van der Waals surface area (Å²) in [5.41, 5.74) is 1.92. The van der Waals surface area contributed by atoms with Gasteiger partial charge in [0.2, 0.25) is 5.91 Å². The highest BCUT2D eigenvalue weighted by atomic mass is 16.5. The molecule has 0 radical (unpaired) electrons. The van der Waals surface area contributed by atoms with E-state index >= 15 is 0 Å².